The molecule has 2 aromatic carbocycles. The number of para-hydroxylation sites is 1. The van der Waals surface area contributed by atoms with E-state index in [9.17, 15) is 9.90 Å². The van der Waals surface area contributed by atoms with Crippen molar-refractivity contribution < 1.29 is 19.4 Å². The lowest BCUT2D eigenvalue weighted by molar-refractivity contribution is -0.161. The lowest BCUT2D eigenvalue weighted by Gasteiger charge is -2.26. The highest BCUT2D eigenvalue weighted by molar-refractivity contribution is 5.94. The van der Waals surface area contributed by atoms with Gasteiger partial charge in [-0.2, -0.15) is 0 Å². The minimum atomic E-state index is -1.90. The largest absolute Gasteiger partial charge is 0.497 e. The quantitative estimate of drug-likeness (QED) is 0.708. The Morgan fingerprint density at radius 2 is 1.88 bits per heavy atom. The first kappa shape index (κ1) is 16.1. The average molecular weight is 325 g/mol. The summed E-state index contributed by atoms with van der Waals surface area (Å²) in [5.74, 6) is -0.0659. The summed E-state index contributed by atoms with van der Waals surface area (Å²) >= 11 is 0. The van der Waals surface area contributed by atoms with Crippen LogP contribution in [0.4, 0.5) is 0 Å². The van der Waals surface area contributed by atoms with Crippen LogP contribution in [0, 0.1) is 0 Å². The molecule has 0 saturated heterocycles. The van der Waals surface area contributed by atoms with Crippen LogP contribution >= 0.6 is 0 Å². The van der Waals surface area contributed by atoms with Gasteiger partial charge in [0.05, 0.1) is 13.7 Å². The van der Waals surface area contributed by atoms with Crippen molar-refractivity contribution in [3.05, 3.63) is 65.9 Å². The molecule has 5 heteroatoms. The maximum atomic E-state index is 12.6. The van der Waals surface area contributed by atoms with Crippen LogP contribution in [-0.2, 0) is 15.1 Å². The van der Waals surface area contributed by atoms with Gasteiger partial charge in [0.2, 0.25) is 5.60 Å². The molecule has 0 saturated carbocycles. The Kier molecular flexibility index (Phi) is 4.27. The van der Waals surface area contributed by atoms with Crippen LogP contribution in [0.15, 0.2) is 54.7 Å². The van der Waals surface area contributed by atoms with Gasteiger partial charge in [0.15, 0.2) is 0 Å². The van der Waals surface area contributed by atoms with E-state index in [0.717, 1.165) is 10.9 Å². The van der Waals surface area contributed by atoms with Crippen molar-refractivity contribution in [2.24, 2.45) is 0 Å². The summed E-state index contributed by atoms with van der Waals surface area (Å²) in [6, 6.07) is 14.2. The first-order valence-electron chi connectivity index (χ1n) is 7.72. The second-order valence-electron chi connectivity index (χ2n) is 5.41. The van der Waals surface area contributed by atoms with E-state index < -0.39 is 11.6 Å². The molecule has 2 N–H and O–H groups in total. The van der Waals surface area contributed by atoms with Crippen LogP contribution in [-0.4, -0.2) is 29.8 Å². The molecule has 1 aromatic heterocycles. The predicted molar refractivity (Wildman–Crippen MR) is 90.9 cm³/mol. The summed E-state index contributed by atoms with van der Waals surface area (Å²) in [4.78, 5) is 15.7. The third-order valence-electron chi connectivity index (χ3n) is 4.06. The lowest BCUT2D eigenvalue weighted by atomic mass is 9.86. The van der Waals surface area contributed by atoms with Gasteiger partial charge in [0.25, 0.3) is 0 Å². The molecule has 24 heavy (non-hydrogen) atoms. The Bertz CT molecular complexity index is 853. The van der Waals surface area contributed by atoms with Gasteiger partial charge in [-0.25, -0.2) is 4.79 Å². The fourth-order valence-corrected chi connectivity index (χ4v) is 2.82. The minimum absolute atomic E-state index is 0.180. The summed E-state index contributed by atoms with van der Waals surface area (Å²) in [5, 5.41) is 12.1. The molecule has 0 spiro atoms. The molecule has 124 valence electrons. The molecule has 1 heterocycles. The third kappa shape index (κ3) is 2.53. The zero-order chi connectivity index (χ0) is 17.2. The van der Waals surface area contributed by atoms with E-state index in [1.807, 2.05) is 24.3 Å². The van der Waals surface area contributed by atoms with Gasteiger partial charge in [0.1, 0.15) is 5.75 Å². The summed E-state index contributed by atoms with van der Waals surface area (Å²) in [5.41, 5.74) is -0.182. The number of ether oxygens (including phenoxy) is 2. The SMILES string of the molecule is CCOC(=O)[C@](O)(c1ccc(OC)cc1)c1c[nH]c2ccccc12. The maximum absolute atomic E-state index is 12.6. The summed E-state index contributed by atoms with van der Waals surface area (Å²) in [6.45, 7) is 1.89. The molecule has 0 radical (unpaired) electrons. The highest BCUT2D eigenvalue weighted by Crippen LogP contribution is 2.36. The van der Waals surface area contributed by atoms with Gasteiger partial charge in [-0.3, -0.25) is 0 Å². The number of carbonyl (C=O) groups is 1. The van der Waals surface area contributed by atoms with Crippen molar-refractivity contribution in [1.29, 1.82) is 0 Å². The number of esters is 1. The van der Waals surface area contributed by atoms with E-state index in [-0.39, 0.29) is 6.61 Å². The first-order chi connectivity index (χ1) is 11.6. The van der Waals surface area contributed by atoms with E-state index in [0.29, 0.717) is 16.9 Å². The van der Waals surface area contributed by atoms with Crippen molar-refractivity contribution in [1.82, 2.24) is 4.98 Å². The fraction of sp³-hybridized carbons (Fsp3) is 0.211. The lowest BCUT2D eigenvalue weighted by Crippen LogP contribution is -2.38. The van der Waals surface area contributed by atoms with Crippen molar-refractivity contribution in [3.8, 4) is 5.75 Å². The van der Waals surface area contributed by atoms with Gasteiger partial charge in [-0.05, 0) is 30.7 Å². The van der Waals surface area contributed by atoms with Crippen molar-refractivity contribution >= 4 is 16.9 Å². The summed E-state index contributed by atoms with van der Waals surface area (Å²) < 4.78 is 10.3. The number of hydrogen-bond acceptors (Lipinski definition) is 4. The van der Waals surface area contributed by atoms with Gasteiger partial charge in [0, 0.05) is 22.7 Å². The van der Waals surface area contributed by atoms with Gasteiger partial charge >= 0.3 is 5.97 Å². The predicted octanol–water partition coefficient (Wildman–Crippen LogP) is 2.98. The monoisotopic (exact) mass is 325 g/mol. The van der Waals surface area contributed by atoms with Gasteiger partial charge in [-0.15, -0.1) is 0 Å². The van der Waals surface area contributed by atoms with Crippen molar-refractivity contribution in [2.45, 2.75) is 12.5 Å². The number of benzene rings is 2. The number of aliphatic hydroxyl groups is 1. The highest BCUT2D eigenvalue weighted by Gasteiger charge is 2.43. The van der Waals surface area contributed by atoms with Crippen LogP contribution in [0.1, 0.15) is 18.1 Å². The number of hydrogen-bond donors (Lipinski definition) is 2. The molecule has 0 aliphatic carbocycles. The fourth-order valence-electron chi connectivity index (χ4n) is 2.82. The summed E-state index contributed by atoms with van der Waals surface area (Å²) in [6.07, 6.45) is 1.64. The molecule has 1 atom stereocenters. The number of rotatable bonds is 5. The van der Waals surface area contributed by atoms with Crippen LogP contribution < -0.4 is 4.74 Å². The topological polar surface area (TPSA) is 71.6 Å². The van der Waals surface area contributed by atoms with E-state index in [2.05, 4.69) is 4.98 Å². The number of carbonyl (C=O) groups excluding carboxylic acids is 1. The Labute approximate surface area is 139 Å². The van der Waals surface area contributed by atoms with Gasteiger partial charge in [-0.1, -0.05) is 30.3 Å². The standard InChI is InChI=1S/C19H19NO4/c1-3-24-18(21)19(22,13-8-10-14(23-2)11-9-13)16-12-20-17-7-5-4-6-15(16)17/h4-12,20,22H,3H2,1-2H3/t19-/m0/s1. The number of methoxy groups -OCH3 is 1. The molecule has 3 aromatic rings. The number of aromatic nitrogens is 1. The molecular formula is C19H19NO4. The molecule has 0 bridgehead atoms. The van der Waals surface area contributed by atoms with Crippen molar-refractivity contribution in [2.75, 3.05) is 13.7 Å². The average Bonchev–Trinajstić information content (AvgIpc) is 3.06. The first-order valence-corrected chi connectivity index (χ1v) is 7.72. The Hall–Kier alpha value is -2.79. The molecule has 0 unspecified atom stereocenters. The van der Waals surface area contributed by atoms with E-state index in [4.69, 9.17) is 9.47 Å². The van der Waals surface area contributed by atoms with Crippen LogP contribution in [0.3, 0.4) is 0 Å². The Morgan fingerprint density at radius 1 is 1.17 bits per heavy atom. The van der Waals surface area contributed by atoms with E-state index >= 15 is 0 Å². The number of H-pyrrole nitrogens is 1. The molecule has 5 nitrogen and oxygen atoms in total. The third-order valence-corrected chi connectivity index (χ3v) is 4.06. The second-order valence-corrected chi connectivity index (χ2v) is 5.41. The number of fused-ring (bicyclic) bond motifs is 1. The molecule has 0 aliphatic rings. The second kappa shape index (κ2) is 6.37. The van der Waals surface area contributed by atoms with Crippen LogP contribution in [0.2, 0.25) is 0 Å². The molecule has 0 fully saturated rings. The Morgan fingerprint density at radius 3 is 2.54 bits per heavy atom. The van der Waals surface area contributed by atoms with Gasteiger partial charge < -0.3 is 19.6 Å². The molecule has 0 aliphatic heterocycles. The zero-order valence-electron chi connectivity index (χ0n) is 13.6. The molecule has 3 rings (SSSR count). The van der Waals surface area contributed by atoms with E-state index in [1.165, 1.54) is 0 Å². The number of aromatic amines is 1. The Balaban J connectivity index is 2.20. The van der Waals surface area contributed by atoms with Crippen LogP contribution in [0.5, 0.6) is 5.75 Å². The van der Waals surface area contributed by atoms with Crippen molar-refractivity contribution in [3.63, 3.8) is 0 Å². The minimum Gasteiger partial charge on any atom is -0.497 e. The maximum Gasteiger partial charge on any atom is 0.347 e. The number of nitrogens with one attached hydrogen (secondary N) is 1. The van der Waals surface area contributed by atoms with Crippen LogP contribution in [0.25, 0.3) is 10.9 Å². The zero-order valence-corrected chi connectivity index (χ0v) is 13.6. The van der Waals surface area contributed by atoms with E-state index in [1.54, 1.807) is 44.5 Å². The smallest absolute Gasteiger partial charge is 0.347 e. The summed E-state index contributed by atoms with van der Waals surface area (Å²) in [7, 11) is 1.56. The highest BCUT2D eigenvalue weighted by atomic mass is 16.5. The normalized spacial score (nSPS) is 13.5. The molecule has 0 amide bonds. The molecular weight excluding hydrogens is 306 g/mol.